The number of hydrogen-bond donors (Lipinski definition) is 2. The van der Waals surface area contributed by atoms with Crippen LogP contribution in [-0.2, 0) is 29.9 Å². The Bertz CT molecular complexity index is 727. The summed E-state index contributed by atoms with van der Waals surface area (Å²) in [5, 5.41) is 4.97. The SMILES string of the molecule is CCNC(=O)[C@H](C)NC(=O)COC(=O)c1ccc(CS(C)(=O)=O)cc1. The Hall–Kier alpha value is -2.42. The van der Waals surface area contributed by atoms with Gasteiger partial charge in [-0.05, 0) is 31.5 Å². The van der Waals surface area contributed by atoms with Crippen LogP contribution in [0.4, 0.5) is 0 Å². The molecule has 138 valence electrons. The molecule has 0 radical (unpaired) electrons. The van der Waals surface area contributed by atoms with Crippen molar-refractivity contribution in [1.29, 1.82) is 0 Å². The highest BCUT2D eigenvalue weighted by Crippen LogP contribution is 2.09. The normalized spacial score (nSPS) is 12.1. The first-order valence-electron chi connectivity index (χ1n) is 7.63. The Morgan fingerprint density at radius 3 is 2.28 bits per heavy atom. The van der Waals surface area contributed by atoms with Crippen LogP contribution in [0.3, 0.4) is 0 Å². The Balaban J connectivity index is 2.51. The fourth-order valence-corrected chi connectivity index (χ4v) is 2.73. The fraction of sp³-hybridized carbons (Fsp3) is 0.438. The van der Waals surface area contributed by atoms with E-state index in [0.717, 1.165) is 6.26 Å². The maximum atomic E-state index is 11.9. The van der Waals surface area contributed by atoms with Gasteiger partial charge in [-0.1, -0.05) is 12.1 Å². The molecule has 2 N–H and O–H groups in total. The summed E-state index contributed by atoms with van der Waals surface area (Å²) in [7, 11) is -3.16. The van der Waals surface area contributed by atoms with Crippen molar-refractivity contribution in [3.8, 4) is 0 Å². The van der Waals surface area contributed by atoms with Crippen LogP contribution in [0, 0.1) is 0 Å². The van der Waals surface area contributed by atoms with Crippen LogP contribution >= 0.6 is 0 Å². The third kappa shape index (κ3) is 7.79. The second-order valence-corrected chi connectivity index (χ2v) is 7.67. The minimum absolute atomic E-state index is 0.123. The van der Waals surface area contributed by atoms with Crippen molar-refractivity contribution < 1.29 is 27.5 Å². The first kappa shape index (κ1) is 20.6. The van der Waals surface area contributed by atoms with Gasteiger partial charge in [0, 0.05) is 12.8 Å². The van der Waals surface area contributed by atoms with E-state index < -0.39 is 34.4 Å². The lowest BCUT2D eigenvalue weighted by atomic mass is 10.1. The average Bonchev–Trinajstić information content (AvgIpc) is 2.52. The maximum absolute atomic E-state index is 11.9. The molecule has 0 saturated heterocycles. The number of likely N-dealkylation sites (N-methyl/N-ethyl adjacent to an activating group) is 1. The number of rotatable bonds is 8. The summed E-state index contributed by atoms with van der Waals surface area (Å²) in [6.45, 7) is 3.21. The number of benzene rings is 1. The van der Waals surface area contributed by atoms with Crippen LogP contribution in [0.15, 0.2) is 24.3 Å². The third-order valence-corrected chi connectivity index (χ3v) is 3.93. The molecule has 0 aliphatic heterocycles. The molecule has 0 aliphatic rings. The molecule has 0 spiro atoms. The van der Waals surface area contributed by atoms with E-state index in [2.05, 4.69) is 10.6 Å². The van der Waals surface area contributed by atoms with Crippen LogP contribution < -0.4 is 10.6 Å². The molecular formula is C16H22N2O6S. The number of nitrogens with one attached hydrogen (secondary N) is 2. The summed E-state index contributed by atoms with van der Waals surface area (Å²) in [6.07, 6.45) is 1.12. The summed E-state index contributed by atoms with van der Waals surface area (Å²) < 4.78 is 27.3. The molecule has 0 aliphatic carbocycles. The second-order valence-electron chi connectivity index (χ2n) is 5.53. The minimum Gasteiger partial charge on any atom is -0.452 e. The minimum atomic E-state index is -3.16. The van der Waals surface area contributed by atoms with Gasteiger partial charge >= 0.3 is 5.97 Å². The highest BCUT2D eigenvalue weighted by atomic mass is 32.2. The van der Waals surface area contributed by atoms with Crippen LogP contribution in [-0.4, -0.2) is 51.7 Å². The van der Waals surface area contributed by atoms with E-state index in [1.165, 1.54) is 31.2 Å². The summed E-state index contributed by atoms with van der Waals surface area (Å²) in [5.41, 5.74) is 0.745. The molecule has 0 bridgehead atoms. The molecule has 0 unspecified atom stereocenters. The number of ether oxygens (including phenoxy) is 1. The molecule has 1 aromatic carbocycles. The predicted molar refractivity (Wildman–Crippen MR) is 91.6 cm³/mol. The van der Waals surface area contributed by atoms with Gasteiger partial charge in [-0.15, -0.1) is 0 Å². The van der Waals surface area contributed by atoms with Crippen LogP contribution in [0.2, 0.25) is 0 Å². The number of hydrogen-bond acceptors (Lipinski definition) is 6. The lowest BCUT2D eigenvalue weighted by molar-refractivity contribution is -0.130. The first-order valence-corrected chi connectivity index (χ1v) is 9.69. The van der Waals surface area contributed by atoms with Gasteiger partial charge in [0.15, 0.2) is 16.4 Å². The van der Waals surface area contributed by atoms with Gasteiger partial charge in [0.1, 0.15) is 6.04 Å². The van der Waals surface area contributed by atoms with E-state index in [1.54, 1.807) is 6.92 Å². The van der Waals surface area contributed by atoms with E-state index in [1.807, 2.05) is 0 Å². The summed E-state index contributed by atoms with van der Waals surface area (Å²) >= 11 is 0. The lowest BCUT2D eigenvalue weighted by Crippen LogP contribution is -2.46. The van der Waals surface area contributed by atoms with Gasteiger partial charge < -0.3 is 15.4 Å². The molecule has 1 aromatic rings. The van der Waals surface area contributed by atoms with Crippen molar-refractivity contribution in [2.75, 3.05) is 19.4 Å². The smallest absolute Gasteiger partial charge is 0.338 e. The lowest BCUT2D eigenvalue weighted by Gasteiger charge is -2.13. The van der Waals surface area contributed by atoms with Gasteiger partial charge in [0.25, 0.3) is 5.91 Å². The monoisotopic (exact) mass is 370 g/mol. The quantitative estimate of drug-likeness (QED) is 0.623. The van der Waals surface area contributed by atoms with E-state index in [4.69, 9.17) is 4.74 Å². The van der Waals surface area contributed by atoms with Crippen molar-refractivity contribution in [1.82, 2.24) is 10.6 Å². The molecule has 0 aromatic heterocycles. The second kappa shape index (κ2) is 9.16. The van der Waals surface area contributed by atoms with Crippen LogP contribution in [0.1, 0.15) is 29.8 Å². The van der Waals surface area contributed by atoms with Gasteiger partial charge in [0.2, 0.25) is 5.91 Å². The van der Waals surface area contributed by atoms with Crippen molar-refractivity contribution in [2.45, 2.75) is 25.6 Å². The average molecular weight is 370 g/mol. The van der Waals surface area contributed by atoms with Gasteiger partial charge in [-0.2, -0.15) is 0 Å². The topological polar surface area (TPSA) is 119 Å². The summed E-state index contributed by atoms with van der Waals surface area (Å²) in [6, 6.07) is 5.14. The fourth-order valence-electron chi connectivity index (χ4n) is 1.93. The highest BCUT2D eigenvalue weighted by molar-refractivity contribution is 7.89. The van der Waals surface area contributed by atoms with Crippen molar-refractivity contribution in [3.63, 3.8) is 0 Å². The zero-order chi connectivity index (χ0) is 19.0. The van der Waals surface area contributed by atoms with E-state index in [0.29, 0.717) is 12.1 Å². The number of sulfone groups is 1. The summed E-state index contributed by atoms with van der Waals surface area (Å²) in [4.78, 5) is 35.0. The molecule has 25 heavy (non-hydrogen) atoms. The standard InChI is InChI=1S/C16H22N2O6S/c1-4-17-15(20)11(2)18-14(19)9-24-16(21)13-7-5-12(6-8-13)10-25(3,22)23/h5-8,11H,4,9-10H2,1-3H3,(H,17,20)(H,18,19)/t11-/m0/s1. The van der Waals surface area contributed by atoms with Crippen LogP contribution in [0.5, 0.6) is 0 Å². The largest absolute Gasteiger partial charge is 0.452 e. The Morgan fingerprint density at radius 1 is 1.16 bits per heavy atom. The van der Waals surface area contributed by atoms with Crippen molar-refractivity contribution in [3.05, 3.63) is 35.4 Å². The van der Waals surface area contributed by atoms with Gasteiger partial charge in [0.05, 0.1) is 11.3 Å². The maximum Gasteiger partial charge on any atom is 0.338 e. The Morgan fingerprint density at radius 2 is 1.76 bits per heavy atom. The molecule has 0 saturated carbocycles. The van der Waals surface area contributed by atoms with Gasteiger partial charge in [-0.25, -0.2) is 13.2 Å². The van der Waals surface area contributed by atoms with Gasteiger partial charge in [-0.3, -0.25) is 9.59 Å². The summed E-state index contributed by atoms with van der Waals surface area (Å²) in [5.74, 6) is -1.77. The first-order chi connectivity index (χ1) is 11.6. The van der Waals surface area contributed by atoms with Crippen LogP contribution in [0.25, 0.3) is 0 Å². The molecule has 2 amide bonds. The molecule has 8 nitrogen and oxygen atoms in total. The number of carbonyl (C=O) groups is 3. The number of carbonyl (C=O) groups excluding carboxylic acids is 3. The third-order valence-electron chi connectivity index (χ3n) is 3.07. The zero-order valence-corrected chi connectivity index (χ0v) is 15.2. The number of amides is 2. The Labute approximate surface area is 146 Å². The predicted octanol–water partition coefficient (Wildman–Crippen LogP) is 0.0288. The number of esters is 1. The molecule has 1 rings (SSSR count). The van der Waals surface area contributed by atoms with Crippen molar-refractivity contribution >= 4 is 27.6 Å². The van der Waals surface area contributed by atoms with E-state index in [9.17, 15) is 22.8 Å². The Kier molecular flexibility index (Phi) is 7.56. The van der Waals surface area contributed by atoms with Crippen molar-refractivity contribution in [2.24, 2.45) is 0 Å². The molecule has 1 atom stereocenters. The van der Waals surface area contributed by atoms with E-state index >= 15 is 0 Å². The highest BCUT2D eigenvalue weighted by Gasteiger charge is 2.16. The van der Waals surface area contributed by atoms with E-state index in [-0.39, 0.29) is 17.2 Å². The molecule has 9 heteroatoms. The zero-order valence-electron chi connectivity index (χ0n) is 14.4. The molecule has 0 fully saturated rings. The molecule has 0 heterocycles. The molecular weight excluding hydrogens is 348 g/mol.